The SMILES string of the molecule is CC(NC(=O)c1ccc(F)c(Br)c1)c1ncc[nH]1. The maximum absolute atomic E-state index is 13.1. The second-order valence-electron chi connectivity index (χ2n) is 3.80. The molecule has 0 aliphatic carbocycles. The molecular weight excluding hydrogens is 301 g/mol. The second-order valence-corrected chi connectivity index (χ2v) is 4.65. The van der Waals surface area contributed by atoms with Gasteiger partial charge in [-0.2, -0.15) is 0 Å². The number of carbonyl (C=O) groups excluding carboxylic acids is 1. The fourth-order valence-corrected chi connectivity index (χ4v) is 1.88. The van der Waals surface area contributed by atoms with Crippen LogP contribution in [-0.4, -0.2) is 15.9 Å². The molecule has 0 spiro atoms. The summed E-state index contributed by atoms with van der Waals surface area (Å²) in [5.74, 6) is -0.00485. The lowest BCUT2D eigenvalue weighted by atomic mass is 10.2. The summed E-state index contributed by atoms with van der Waals surface area (Å²) in [5, 5.41) is 2.77. The first-order chi connectivity index (χ1) is 8.58. The van der Waals surface area contributed by atoms with Crippen LogP contribution in [0.1, 0.15) is 29.1 Å². The summed E-state index contributed by atoms with van der Waals surface area (Å²) in [6, 6.07) is 3.89. The molecule has 2 N–H and O–H groups in total. The Hall–Kier alpha value is -1.69. The van der Waals surface area contributed by atoms with Crippen LogP contribution in [0.2, 0.25) is 0 Å². The maximum Gasteiger partial charge on any atom is 0.251 e. The lowest BCUT2D eigenvalue weighted by molar-refractivity contribution is 0.0938. The quantitative estimate of drug-likeness (QED) is 0.915. The van der Waals surface area contributed by atoms with E-state index in [1.807, 2.05) is 6.92 Å². The first-order valence-corrected chi connectivity index (χ1v) is 6.12. The number of amides is 1. The van der Waals surface area contributed by atoms with Crippen LogP contribution >= 0.6 is 15.9 Å². The normalized spacial score (nSPS) is 12.2. The number of nitrogens with one attached hydrogen (secondary N) is 2. The van der Waals surface area contributed by atoms with Crippen molar-refractivity contribution in [2.45, 2.75) is 13.0 Å². The molecule has 0 aliphatic heterocycles. The zero-order chi connectivity index (χ0) is 13.1. The molecule has 6 heteroatoms. The predicted molar refractivity (Wildman–Crippen MR) is 68.6 cm³/mol. The molecule has 94 valence electrons. The second kappa shape index (κ2) is 5.30. The van der Waals surface area contributed by atoms with Gasteiger partial charge in [-0.15, -0.1) is 0 Å². The molecule has 2 aromatic rings. The molecule has 0 saturated heterocycles. The smallest absolute Gasteiger partial charge is 0.251 e. The first kappa shape index (κ1) is 12.8. The van der Waals surface area contributed by atoms with Crippen LogP contribution in [0.4, 0.5) is 4.39 Å². The molecule has 1 aromatic carbocycles. The van der Waals surface area contributed by atoms with Crippen molar-refractivity contribution in [2.24, 2.45) is 0 Å². The van der Waals surface area contributed by atoms with Gasteiger partial charge in [0.2, 0.25) is 0 Å². The molecule has 0 aliphatic rings. The van der Waals surface area contributed by atoms with Crippen LogP contribution in [0.15, 0.2) is 35.1 Å². The lowest BCUT2D eigenvalue weighted by Crippen LogP contribution is -2.27. The van der Waals surface area contributed by atoms with Crippen molar-refractivity contribution in [3.05, 3.63) is 52.3 Å². The summed E-state index contributed by atoms with van der Waals surface area (Å²) in [6.07, 6.45) is 3.30. The molecule has 0 fully saturated rings. The highest BCUT2D eigenvalue weighted by Gasteiger charge is 2.13. The molecule has 1 heterocycles. The number of hydrogen-bond donors (Lipinski definition) is 2. The zero-order valence-corrected chi connectivity index (χ0v) is 11.2. The summed E-state index contributed by atoms with van der Waals surface area (Å²) in [7, 11) is 0. The third-order valence-corrected chi connectivity index (χ3v) is 3.07. The molecular formula is C12H11BrFN3O. The number of benzene rings is 1. The molecule has 4 nitrogen and oxygen atoms in total. The average molecular weight is 312 g/mol. The number of hydrogen-bond acceptors (Lipinski definition) is 2. The van der Waals surface area contributed by atoms with E-state index in [2.05, 4.69) is 31.2 Å². The van der Waals surface area contributed by atoms with Crippen LogP contribution in [0.3, 0.4) is 0 Å². The van der Waals surface area contributed by atoms with Gasteiger partial charge in [-0.25, -0.2) is 9.37 Å². The predicted octanol–water partition coefficient (Wildman–Crippen LogP) is 2.80. The van der Waals surface area contributed by atoms with Gasteiger partial charge in [0.15, 0.2) is 0 Å². The Morgan fingerprint density at radius 3 is 2.94 bits per heavy atom. The van der Waals surface area contributed by atoms with E-state index in [4.69, 9.17) is 0 Å². The lowest BCUT2D eigenvalue weighted by Gasteiger charge is -2.11. The molecule has 0 saturated carbocycles. The van der Waals surface area contributed by atoms with Gasteiger partial charge < -0.3 is 10.3 Å². The van der Waals surface area contributed by atoms with Gasteiger partial charge in [-0.1, -0.05) is 0 Å². The number of halogens is 2. The summed E-state index contributed by atoms with van der Waals surface area (Å²) in [5.41, 5.74) is 0.390. The Bertz CT molecular complexity index is 556. The van der Waals surface area contributed by atoms with Gasteiger partial charge in [0, 0.05) is 18.0 Å². The van der Waals surface area contributed by atoms with Gasteiger partial charge in [0.25, 0.3) is 5.91 Å². The summed E-state index contributed by atoms with van der Waals surface area (Å²) < 4.78 is 13.3. The van der Waals surface area contributed by atoms with E-state index in [0.717, 1.165) is 0 Å². The Morgan fingerprint density at radius 1 is 1.56 bits per heavy atom. The van der Waals surface area contributed by atoms with Crippen molar-refractivity contribution in [2.75, 3.05) is 0 Å². The van der Waals surface area contributed by atoms with Crippen LogP contribution in [0.5, 0.6) is 0 Å². The minimum atomic E-state index is -0.398. The highest BCUT2D eigenvalue weighted by Crippen LogP contribution is 2.17. The summed E-state index contributed by atoms with van der Waals surface area (Å²) in [4.78, 5) is 18.9. The molecule has 1 atom stereocenters. The van der Waals surface area contributed by atoms with Crippen molar-refractivity contribution in [3.63, 3.8) is 0 Å². The van der Waals surface area contributed by atoms with Gasteiger partial charge >= 0.3 is 0 Å². The standard InChI is InChI=1S/C12H11BrFN3O/c1-7(11-15-4-5-16-11)17-12(18)8-2-3-10(14)9(13)6-8/h2-7H,1H3,(H,15,16)(H,17,18). The monoisotopic (exact) mass is 311 g/mol. The molecule has 1 aromatic heterocycles. The van der Waals surface area contributed by atoms with Gasteiger partial charge in [-0.3, -0.25) is 4.79 Å². The Balaban J connectivity index is 2.10. The van der Waals surface area contributed by atoms with Crippen LogP contribution in [-0.2, 0) is 0 Å². The van der Waals surface area contributed by atoms with Gasteiger partial charge in [0.05, 0.1) is 10.5 Å². The minimum absolute atomic E-state index is 0.240. The van der Waals surface area contributed by atoms with E-state index in [-0.39, 0.29) is 16.4 Å². The van der Waals surface area contributed by atoms with E-state index in [1.165, 1.54) is 18.2 Å². The minimum Gasteiger partial charge on any atom is -0.347 e. The Kier molecular flexibility index (Phi) is 3.76. The average Bonchev–Trinajstić information content (AvgIpc) is 2.86. The third-order valence-electron chi connectivity index (χ3n) is 2.46. The van der Waals surface area contributed by atoms with Crippen LogP contribution in [0, 0.1) is 5.82 Å². The van der Waals surface area contributed by atoms with Crippen molar-refractivity contribution < 1.29 is 9.18 Å². The fourth-order valence-electron chi connectivity index (χ4n) is 1.50. The molecule has 1 unspecified atom stereocenters. The highest BCUT2D eigenvalue weighted by atomic mass is 79.9. The molecule has 0 radical (unpaired) electrons. The van der Waals surface area contributed by atoms with Crippen molar-refractivity contribution in [1.82, 2.24) is 15.3 Å². The van der Waals surface area contributed by atoms with Crippen LogP contribution in [0.25, 0.3) is 0 Å². The molecule has 18 heavy (non-hydrogen) atoms. The number of carbonyl (C=O) groups is 1. The first-order valence-electron chi connectivity index (χ1n) is 5.33. The highest BCUT2D eigenvalue weighted by molar-refractivity contribution is 9.10. The van der Waals surface area contributed by atoms with E-state index >= 15 is 0 Å². The van der Waals surface area contributed by atoms with Crippen molar-refractivity contribution in [3.8, 4) is 0 Å². The Labute approximate surface area is 112 Å². The van der Waals surface area contributed by atoms with Crippen molar-refractivity contribution >= 4 is 21.8 Å². The molecule has 2 rings (SSSR count). The Morgan fingerprint density at radius 2 is 2.33 bits per heavy atom. The van der Waals surface area contributed by atoms with E-state index in [9.17, 15) is 9.18 Å². The number of nitrogens with zero attached hydrogens (tertiary/aromatic N) is 1. The maximum atomic E-state index is 13.1. The van der Waals surface area contributed by atoms with Gasteiger partial charge in [0.1, 0.15) is 11.6 Å². The fraction of sp³-hybridized carbons (Fsp3) is 0.167. The molecule has 1 amide bonds. The number of rotatable bonds is 3. The van der Waals surface area contributed by atoms with Crippen LogP contribution < -0.4 is 5.32 Å². The van der Waals surface area contributed by atoms with E-state index in [0.29, 0.717) is 11.4 Å². The zero-order valence-electron chi connectivity index (χ0n) is 9.58. The summed E-state index contributed by atoms with van der Waals surface area (Å²) >= 11 is 3.05. The summed E-state index contributed by atoms with van der Waals surface area (Å²) in [6.45, 7) is 1.81. The third kappa shape index (κ3) is 2.76. The van der Waals surface area contributed by atoms with E-state index in [1.54, 1.807) is 12.4 Å². The topological polar surface area (TPSA) is 57.8 Å². The number of imidazole rings is 1. The number of aromatic nitrogens is 2. The molecule has 0 bridgehead atoms. The largest absolute Gasteiger partial charge is 0.347 e. The van der Waals surface area contributed by atoms with Gasteiger partial charge in [-0.05, 0) is 41.1 Å². The van der Waals surface area contributed by atoms with E-state index < -0.39 is 5.82 Å². The number of H-pyrrole nitrogens is 1. The van der Waals surface area contributed by atoms with Crippen molar-refractivity contribution in [1.29, 1.82) is 0 Å². The number of aromatic amines is 1.